The summed E-state index contributed by atoms with van der Waals surface area (Å²) in [5, 5.41) is 8.19. The van der Waals surface area contributed by atoms with Gasteiger partial charge in [0.25, 0.3) is 5.78 Å². The molecule has 0 radical (unpaired) electrons. The Hall–Kier alpha value is -4.06. The molecule has 2 aromatic carbocycles. The highest BCUT2D eigenvalue weighted by atomic mass is 15.4. The Balaban J connectivity index is 1.58. The number of hydrogen-bond acceptors (Lipinski definition) is 5. The minimum Gasteiger partial charge on any atom is -0.366 e. The van der Waals surface area contributed by atoms with Crippen molar-refractivity contribution in [3.8, 4) is 22.6 Å². The summed E-state index contributed by atoms with van der Waals surface area (Å²) >= 11 is 0. The van der Waals surface area contributed by atoms with Gasteiger partial charge in [0.2, 0.25) is 0 Å². The van der Waals surface area contributed by atoms with E-state index in [9.17, 15) is 0 Å². The first kappa shape index (κ1) is 18.0. The van der Waals surface area contributed by atoms with Crippen LogP contribution in [0.4, 0.5) is 5.82 Å². The van der Waals surface area contributed by atoms with Gasteiger partial charge >= 0.3 is 0 Å². The number of nitrogens with zero attached hydrogens (tertiary/aromatic N) is 5. The van der Waals surface area contributed by atoms with Crippen molar-refractivity contribution in [2.24, 2.45) is 0 Å². The van der Waals surface area contributed by atoms with Crippen molar-refractivity contribution in [1.29, 1.82) is 0 Å². The molecule has 5 rings (SSSR count). The van der Waals surface area contributed by atoms with Crippen molar-refractivity contribution in [2.45, 2.75) is 13.5 Å². The molecule has 30 heavy (non-hydrogen) atoms. The number of rotatable bonds is 5. The zero-order valence-corrected chi connectivity index (χ0v) is 16.5. The lowest BCUT2D eigenvalue weighted by Gasteiger charge is -2.10. The third kappa shape index (κ3) is 3.63. The Morgan fingerprint density at radius 1 is 0.867 bits per heavy atom. The van der Waals surface area contributed by atoms with Crippen LogP contribution in [0.5, 0.6) is 0 Å². The predicted molar refractivity (Wildman–Crippen MR) is 118 cm³/mol. The molecule has 3 heterocycles. The normalized spacial score (nSPS) is 11.0. The van der Waals surface area contributed by atoms with E-state index in [0.29, 0.717) is 18.1 Å². The Kier molecular flexibility index (Phi) is 4.65. The second-order valence-electron chi connectivity index (χ2n) is 7.12. The lowest BCUT2D eigenvalue weighted by molar-refractivity contribution is 0.929. The smallest absolute Gasteiger partial charge is 0.255 e. The minimum atomic E-state index is 0.543. The number of aromatic nitrogens is 5. The third-order valence-electron chi connectivity index (χ3n) is 4.90. The fourth-order valence-electron chi connectivity index (χ4n) is 3.27. The summed E-state index contributed by atoms with van der Waals surface area (Å²) in [6.07, 6.45) is 3.49. The van der Waals surface area contributed by atoms with Crippen LogP contribution in [0.15, 0.2) is 85.2 Å². The lowest BCUT2D eigenvalue weighted by atomic mass is 10.1. The van der Waals surface area contributed by atoms with Crippen molar-refractivity contribution in [3.63, 3.8) is 0 Å². The van der Waals surface area contributed by atoms with Gasteiger partial charge in [-0.1, -0.05) is 60.2 Å². The average molecular weight is 392 g/mol. The molecule has 0 unspecified atom stereocenters. The SMILES string of the molecule is Cc1ccc(CNc2cc(-c3ccccc3)nc3nc(-c4cccnc4)nn23)cc1. The quantitative estimate of drug-likeness (QED) is 0.466. The zero-order valence-electron chi connectivity index (χ0n) is 16.5. The van der Waals surface area contributed by atoms with Crippen LogP contribution in [0.25, 0.3) is 28.4 Å². The minimum absolute atomic E-state index is 0.543. The Labute approximate surface area is 174 Å². The van der Waals surface area contributed by atoms with E-state index < -0.39 is 0 Å². The fraction of sp³-hybridized carbons (Fsp3) is 0.0833. The molecular weight excluding hydrogens is 372 g/mol. The van der Waals surface area contributed by atoms with Crippen molar-refractivity contribution < 1.29 is 0 Å². The molecule has 1 N–H and O–H groups in total. The molecule has 0 atom stereocenters. The molecule has 0 aliphatic heterocycles. The zero-order chi connectivity index (χ0) is 20.3. The van der Waals surface area contributed by atoms with Crippen molar-refractivity contribution in [1.82, 2.24) is 24.6 Å². The molecule has 0 bridgehead atoms. The van der Waals surface area contributed by atoms with E-state index in [1.54, 1.807) is 16.9 Å². The topological polar surface area (TPSA) is 68.0 Å². The summed E-state index contributed by atoms with van der Waals surface area (Å²) in [5.74, 6) is 1.97. The van der Waals surface area contributed by atoms with E-state index in [4.69, 9.17) is 4.98 Å². The molecule has 0 saturated heterocycles. The summed E-state index contributed by atoms with van der Waals surface area (Å²) in [6, 6.07) is 24.4. The maximum atomic E-state index is 4.75. The van der Waals surface area contributed by atoms with E-state index in [1.165, 1.54) is 11.1 Å². The van der Waals surface area contributed by atoms with E-state index in [-0.39, 0.29) is 0 Å². The summed E-state index contributed by atoms with van der Waals surface area (Å²) in [5.41, 5.74) is 5.17. The number of benzene rings is 2. The number of aryl methyl sites for hydroxylation is 1. The Bertz CT molecular complexity index is 1280. The lowest BCUT2D eigenvalue weighted by Crippen LogP contribution is -2.07. The van der Waals surface area contributed by atoms with Gasteiger partial charge in [-0.3, -0.25) is 4.98 Å². The fourth-order valence-corrected chi connectivity index (χ4v) is 3.27. The number of hydrogen-bond donors (Lipinski definition) is 1. The molecule has 0 spiro atoms. The van der Waals surface area contributed by atoms with Crippen LogP contribution in [0.3, 0.4) is 0 Å². The third-order valence-corrected chi connectivity index (χ3v) is 4.90. The highest BCUT2D eigenvalue weighted by Crippen LogP contribution is 2.24. The molecule has 0 amide bonds. The van der Waals surface area contributed by atoms with Crippen molar-refractivity contribution in [2.75, 3.05) is 5.32 Å². The summed E-state index contributed by atoms with van der Waals surface area (Å²) < 4.78 is 1.75. The first-order valence-corrected chi connectivity index (χ1v) is 9.79. The Morgan fingerprint density at radius 2 is 1.67 bits per heavy atom. The standard InChI is InChI=1S/C24H20N6/c1-17-9-11-18(12-10-17)15-26-22-14-21(19-6-3-2-4-7-19)27-24-28-23(29-30(22)24)20-8-5-13-25-16-20/h2-14,16,26H,15H2,1H3. The monoisotopic (exact) mass is 392 g/mol. The molecule has 3 aromatic heterocycles. The van der Waals surface area contributed by atoms with Crippen molar-refractivity contribution in [3.05, 3.63) is 96.3 Å². The van der Waals surface area contributed by atoms with Gasteiger partial charge in [-0.2, -0.15) is 9.50 Å². The van der Waals surface area contributed by atoms with Gasteiger partial charge in [-0.25, -0.2) is 4.98 Å². The number of anilines is 1. The molecule has 0 saturated carbocycles. The second-order valence-corrected chi connectivity index (χ2v) is 7.12. The largest absolute Gasteiger partial charge is 0.366 e. The van der Waals surface area contributed by atoms with Gasteiger partial charge < -0.3 is 5.32 Å². The highest BCUT2D eigenvalue weighted by Gasteiger charge is 2.13. The van der Waals surface area contributed by atoms with Crippen LogP contribution in [-0.4, -0.2) is 24.6 Å². The average Bonchev–Trinajstić information content (AvgIpc) is 3.24. The van der Waals surface area contributed by atoms with Crippen LogP contribution < -0.4 is 5.32 Å². The van der Waals surface area contributed by atoms with Crippen LogP contribution in [0.2, 0.25) is 0 Å². The van der Waals surface area contributed by atoms with Gasteiger partial charge in [0, 0.05) is 36.1 Å². The molecule has 6 heteroatoms. The number of pyridine rings is 1. The summed E-state index contributed by atoms with van der Waals surface area (Å²) in [6.45, 7) is 2.76. The van der Waals surface area contributed by atoms with Crippen LogP contribution in [0.1, 0.15) is 11.1 Å². The molecule has 0 aliphatic carbocycles. The van der Waals surface area contributed by atoms with Gasteiger partial charge in [0.05, 0.1) is 5.69 Å². The maximum absolute atomic E-state index is 4.75. The summed E-state index contributed by atoms with van der Waals surface area (Å²) in [7, 11) is 0. The van der Waals surface area contributed by atoms with Gasteiger partial charge in [0.15, 0.2) is 5.82 Å². The molecule has 5 aromatic rings. The second kappa shape index (κ2) is 7.75. The van der Waals surface area contributed by atoms with E-state index in [2.05, 4.69) is 51.6 Å². The highest BCUT2D eigenvalue weighted by molar-refractivity contribution is 5.66. The number of nitrogens with one attached hydrogen (secondary N) is 1. The van der Waals surface area contributed by atoms with Crippen LogP contribution in [-0.2, 0) is 6.54 Å². The Morgan fingerprint density at radius 3 is 2.43 bits per heavy atom. The van der Waals surface area contributed by atoms with Crippen molar-refractivity contribution >= 4 is 11.6 Å². The molecule has 146 valence electrons. The molecule has 0 aliphatic rings. The van der Waals surface area contributed by atoms with Gasteiger partial charge in [-0.05, 0) is 24.6 Å². The summed E-state index contributed by atoms with van der Waals surface area (Å²) in [4.78, 5) is 13.6. The maximum Gasteiger partial charge on any atom is 0.255 e. The van der Waals surface area contributed by atoms with E-state index in [0.717, 1.165) is 22.6 Å². The molecular formula is C24H20N6. The molecule has 0 fully saturated rings. The van der Waals surface area contributed by atoms with E-state index in [1.807, 2.05) is 48.5 Å². The predicted octanol–water partition coefficient (Wildman–Crippen LogP) is 4.77. The van der Waals surface area contributed by atoms with Crippen LogP contribution >= 0.6 is 0 Å². The first-order valence-electron chi connectivity index (χ1n) is 9.79. The van der Waals surface area contributed by atoms with Gasteiger partial charge in [-0.15, -0.1) is 5.10 Å². The van der Waals surface area contributed by atoms with Gasteiger partial charge in [0.1, 0.15) is 5.82 Å². The van der Waals surface area contributed by atoms with Crippen LogP contribution in [0, 0.1) is 6.92 Å². The molecule has 6 nitrogen and oxygen atoms in total. The first-order chi connectivity index (χ1) is 14.8. The van der Waals surface area contributed by atoms with E-state index >= 15 is 0 Å². The number of fused-ring (bicyclic) bond motifs is 1.